The molecule has 3 heterocycles. The average molecular weight is 504 g/mol. The molecule has 3 fully saturated rings. The van der Waals surface area contributed by atoms with Crippen LogP contribution in [0.4, 0.5) is 0 Å². The van der Waals surface area contributed by atoms with Crippen molar-refractivity contribution in [3.8, 4) is 0 Å². The SMILES string of the molecule is OC[C@H]1O[C@@H](OC[C@H]2O[C@H](OC[C@H]3OC(O)(CO)[C@@H](O)[C@@H]3O)[C@H](O)[C@@H](O)[C@@H]2O)[C@H](O)[C@@H](O)[C@H]1O. The highest BCUT2D eigenvalue weighted by Crippen LogP contribution is 2.31. The van der Waals surface area contributed by atoms with Gasteiger partial charge in [-0.05, 0) is 0 Å². The van der Waals surface area contributed by atoms with E-state index in [9.17, 15) is 51.1 Å². The van der Waals surface area contributed by atoms with Crippen molar-refractivity contribution in [2.75, 3.05) is 26.4 Å². The van der Waals surface area contributed by atoms with Gasteiger partial charge < -0.3 is 79.9 Å². The van der Waals surface area contributed by atoms with Gasteiger partial charge in [-0.15, -0.1) is 0 Å². The lowest BCUT2D eigenvalue weighted by Gasteiger charge is -2.42. The Morgan fingerprint density at radius 2 is 1.06 bits per heavy atom. The molecule has 16 nitrogen and oxygen atoms in total. The van der Waals surface area contributed by atoms with Crippen LogP contribution in [-0.4, -0.2) is 168 Å². The molecule has 0 aromatic carbocycles. The first-order valence-electron chi connectivity index (χ1n) is 10.6. The summed E-state index contributed by atoms with van der Waals surface area (Å²) < 4.78 is 26.1. The molecule has 0 bridgehead atoms. The van der Waals surface area contributed by atoms with Crippen molar-refractivity contribution in [1.29, 1.82) is 0 Å². The largest absolute Gasteiger partial charge is 0.394 e. The quantitative estimate of drug-likeness (QED) is 0.146. The lowest BCUT2D eigenvalue weighted by Crippen LogP contribution is -2.62. The molecule has 3 aliphatic heterocycles. The second kappa shape index (κ2) is 11.2. The lowest BCUT2D eigenvalue weighted by molar-refractivity contribution is -0.334. The summed E-state index contributed by atoms with van der Waals surface area (Å²) >= 11 is 0. The van der Waals surface area contributed by atoms with E-state index in [1.54, 1.807) is 0 Å². The Labute approximate surface area is 192 Å². The Morgan fingerprint density at radius 1 is 0.588 bits per heavy atom. The summed E-state index contributed by atoms with van der Waals surface area (Å²) in [4.78, 5) is 0. The van der Waals surface area contributed by atoms with Crippen LogP contribution in [0.1, 0.15) is 0 Å². The smallest absolute Gasteiger partial charge is 0.219 e. The Morgan fingerprint density at radius 3 is 1.53 bits per heavy atom. The topological polar surface area (TPSA) is 269 Å². The zero-order chi connectivity index (χ0) is 25.4. The fraction of sp³-hybridized carbons (Fsp3) is 1.00. The average Bonchev–Trinajstić information content (AvgIpc) is 3.05. The number of aliphatic hydroxyl groups is 11. The van der Waals surface area contributed by atoms with Gasteiger partial charge in [0.15, 0.2) is 12.6 Å². The first-order valence-corrected chi connectivity index (χ1v) is 10.6. The highest BCUT2D eigenvalue weighted by molar-refractivity contribution is 4.96. The van der Waals surface area contributed by atoms with Gasteiger partial charge in [-0.25, -0.2) is 0 Å². The first kappa shape index (κ1) is 27.9. The van der Waals surface area contributed by atoms with Crippen LogP contribution in [0.25, 0.3) is 0 Å². The first-order chi connectivity index (χ1) is 15.9. The third-order valence-corrected chi connectivity index (χ3v) is 6.12. The Bertz CT molecular complexity index is 653. The standard InChI is InChI=1S/C18H32O16/c19-1-5-8(21)11(24)13(26)16(32-5)30-2-6-9(22)12(25)14(27)17(33-6)31-3-7-10(23)15(28)18(29,4-20)34-7/h5-17,19-29H,1-4H2/t5-,6-,7-,8+,9-,10-,11+,12+,13-,14-,15+,16-,17+,18?/m1/s1. The molecule has 11 N–H and O–H groups in total. The molecule has 0 aromatic heterocycles. The van der Waals surface area contributed by atoms with E-state index in [2.05, 4.69) is 0 Å². The van der Waals surface area contributed by atoms with E-state index < -0.39 is 112 Å². The molecule has 34 heavy (non-hydrogen) atoms. The molecule has 3 aliphatic rings. The summed E-state index contributed by atoms with van der Waals surface area (Å²) in [6, 6.07) is 0. The predicted octanol–water partition coefficient (Wildman–Crippen LogP) is -7.57. The molecule has 0 aliphatic carbocycles. The highest BCUT2D eigenvalue weighted by Gasteiger charge is 2.54. The number of aliphatic hydroxyl groups excluding tert-OH is 10. The van der Waals surface area contributed by atoms with Gasteiger partial charge in [-0.3, -0.25) is 0 Å². The molecule has 0 saturated carbocycles. The summed E-state index contributed by atoms with van der Waals surface area (Å²) in [5, 5.41) is 108. The zero-order valence-corrected chi connectivity index (χ0v) is 17.8. The van der Waals surface area contributed by atoms with E-state index in [0.29, 0.717) is 0 Å². The van der Waals surface area contributed by atoms with E-state index in [1.165, 1.54) is 0 Å². The van der Waals surface area contributed by atoms with Crippen LogP contribution >= 0.6 is 0 Å². The second-order valence-corrected chi connectivity index (χ2v) is 8.47. The maximum absolute atomic E-state index is 10.2. The van der Waals surface area contributed by atoms with Crippen LogP contribution in [0.5, 0.6) is 0 Å². The molecule has 0 amide bonds. The molecule has 14 atom stereocenters. The Hall–Kier alpha value is -0.640. The van der Waals surface area contributed by atoms with Crippen molar-refractivity contribution >= 4 is 0 Å². The van der Waals surface area contributed by atoms with Gasteiger partial charge in [0.25, 0.3) is 0 Å². The molecule has 3 rings (SSSR count). The van der Waals surface area contributed by atoms with E-state index in [-0.39, 0.29) is 0 Å². The fourth-order valence-corrected chi connectivity index (χ4v) is 3.91. The van der Waals surface area contributed by atoms with E-state index >= 15 is 0 Å². The van der Waals surface area contributed by atoms with Crippen LogP contribution < -0.4 is 0 Å². The van der Waals surface area contributed by atoms with Gasteiger partial charge in [0.2, 0.25) is 5.79 Å². The van der Waals surface area contributed by atoms with Gasteiger partial charge in [-0.1, -0.05) is 0 Å². The van der Waals surface area contributed by atoms with Crippen molar-refractivity contribution in [3.05, 3.63) is 0 Å². The Kier molecular flexibility index (Phi) is 9.18. The number of hydrogen-bond donors (Lipinski definition) is 11. The summed E-state index contributed by atoms with van der Waals surface area (Å²) in [6.45, 7) is -2.86. The molecule has 200 valence electrons. The van der Waals surface area contributed by atoms with Crippen molar-refractivity contribution in [2.24, 2.45) is 0 Å². The summed E-state index contributed by atoms with van der Waals surface area (Å²) in [6.07, 6.45) is -21.0. The van der Waals surface area contributed by atoms with Crippen molar-refractivity contribution in [2.45, 2.75) is 85.5 Å². The minimum Gasteiger partial charge on any atom is -0.394 e. The summed E-state index contributed by atoms with van der Waals surface area (Å²) in [5.74, 6) is -2.43. The normalized spacial score (nSPS) is 52.1. The van der Waals surface area contributed by atoms with Crippen molar-refractivity contribution < 1.29 is 79.9 Å². The zero-order valence-electron chi connectivity index (χ0n) is 17.8. The van der Waals surface area contributed by atoms with Crippen molar-refractivity contribution in [3.63, 3.8) is 0 Å². The molecule has 16 heteroatoms. The second-order valence-electron chi connectivity index (χ2n) is 8.47. The van der Waals surface area contributed by atoms with E-state index in [0.717, 1.165) is 0 Å². The highest BCUT2D eigenvalue weighted by atomic mass is 16.7. The molecule has 0 radical (unpaired) electrons. The molecule has 3 saturated heterocycles. The van der Waals surface area contributed by atoms with Crippen LogP contribution in [0.3, 0.4) is 0 Å². The fourth-order valence-electron chi connectivity index (χ4n) is 3.91. The summed E-state index contributed by atoms with van der Waals surface area (Å²) in [7, 11) is 0. The van der Waals surface area contributed by atoms with Crippen LogP contribution in [-0.2, 0) is 23.7 Å². The number of rotatable bonds is 8. The van der Waals surface area contributed by atoms with Crippen LogP contribution in [0.2, 0.25) is 0 Å². The van der Waals surface area contributed by atoms with E-state index in [4.69, 9.17) is 28.8 Å². The van der Waals surface area contributed by atoms with Gasteiger partial charge >= 0.3 is 0 Å². The minimum atomic E-state index is -2.43. The molecule has 0 aromatic rings. The third kappa shape index (κ3) is 5.37. The van der Waals surface area contributed by atoms with Crippen LogP contribution in [0, 0.1) is 0 Å². The minimum absolute atomic E-state index is 0.570. The number of ether oxygens (including phenoxy) is 5. The predicted molar refractivity (Wildman–Crippen MR) is 101 cm³/mol. The maximum atomic E-state index is 10.2. The Balaban J connectivity index is 1.58. The van der Waals surface area contributed by atoms with Gasteiger partial charge in [0.1, 0.15) is 67.1 Å². The number of hydrogen-bond acceptors (Lipinski definition) is 16. The van der Waals surface area contributed by atoms with E-state index in [1.807, 2.05) is 0 Å². The summed E-state index contributed by atoms with van der Waals surface area (Å²) in [5.41, 5.74) is 0. The maximum Gasteiger partial charge on any atom is 0.219 e. The lowest BCUT2D eigenvalue weighted by atomic mass is 9.98. The van der Waals surface area contributed by atoms with Gasteiger partial charge in [-0.2, -0.15) is 0 Å². The van der Waals surface area contributed by atoms with Crippen molar-refractivity contribution in [1.82, 2.24) is 0 Å². The molecule has 0 spiro atoms. The van der Waals surface area contributed by atoms with Gasteiger partial charge in [0.05, 0.1) is 26.4 Å². The molecule has 1 unspecified atom stereocenters. The monoisotopic (exact) mass is 504 g/mol. The van der Waals surface area contributed by atoms with Crippen LogP contribution in [0.15, 0.2) is 0 Å². The van der Waals surface area contributed by atoms with Gasteiger partial charge in [0, 0.05) is 0 Å². The third-order valence-electron chi connectivity index (χ3n) is 6.12. The molecular formula is C18H32O16. The molecular weight excluding hydrogens is 472 g/mol.